The Morgan fingerprint density at radius 2 is 2.20 bits per heavy atom. The third-order valence-corrected chi connectivity index (χ3v) is 5.76. The number of nitriles is 1. The third kappa shape index (κ3) is 3.31. The van der Waals surface area contributed by atoms with Crippen molar-refractivity contribution in [3.05, 3.63) is 39.9 Å². The molecule has 0 aliphatic carbocycles. The first-order chi connectivity index (χ1) is 11.9. The predicted octanol–water partition coefficient (Wildman–Crippen LogP) is 3.38. The lowest BCUT2D eigenvalue weighted by Crippen LogP contribution is -2.32. The fourth-order valence-electron chi connectivity index (χ4n) is 2.75. The molecule has 0 N–H and O–H groups in total. The fourth-order valence-corrected chi connectivity index (χ4v) is 3.76. The molecule has 3 rings (SSSR count). The highest BCUT2D eigenvalue weighted by Crippen LogP contribution is 2.29. The van der Waals surface area contributed by atoms with Gasteiger partial charge in [-0.05, 0) is 25.0 Å². The van der Waals surface area contributed by atoms with Crippen molar-refractivity contribution < 1.29 is 4.39 Å². The largest absolute Gasteiger partial charge is 0.286 e. The van der Waals surface area contributed by atoms with E-state index >= 15 is 0 Å². The van der Waals surface area contributed by atoms with E-state index in [9.17, 15) is 14.4 Å². The number of thioether (sulfide) groups is 1. The van der Waals surface area contributed by atoms with Crippen LogP contribution in [0.5, 0.6) is 0 Å². The Balaban J connectivity index is 2.07. The van der Waals surface area contributed by atoms with E-state index in [1.54, 1.807) is 29.8 Å². The van der Waals surface area contributed by atoms with Crippen molar-refractivity contribution in [2.75, 3.05) is 5.75 Å². The molecule has 25 heavy (non-hydrogen) atoms. The molecule has 0 saturated heterocycles. The van der Waals surface area contributed by atoms with Crippen molar-refractivity contribution in [3.63, 3.8) is 0 Å². The van der Waals surface area contributed by atoms with Crippen molar-refractivity contribution in [1.82, 2.24) is 14.5 Å². The van der Waals surface area contributed by atoms with Gasteiger partial charge < -0.3 is 0 Å². The second-order valence-corrected chi connectivity index (χ2v) is 7.49. The molecule has 3 unspecified atom stereocenters. The summed E-state index contributed by atoms with van der Waals surface area (Å²) >= 11 is 1.52. The summed E-state index contributed by atoms with van der Waals surface area (Å²) in [5.41, 5.74) is 1.30. The number of hydrogen-bond acceptors (Lipinski definition) is 5. The van der Waals surface area contributed by atoms with E-state index < -0.39 is 6.17 Å². The predicted molar refractivity (Wildman–Crippen MR) is 95.3 cm³/mol. The molecule has 130 valence electrons. The Morgan fingerprint density at radius 3 is 2.80 bits per heavy atom. The number of aromatic nitrogens is 3. The molecule has 1 aliphatic rings. The quantitative estimate of drug-likeness (QED) is 0.787. The van der Waals surface area contributed by atoms with Crippen LogP contribution in [0.25, 0.3) is 11.3 Å². The van der Waals surface area contributed by atoms with Crippen molar-refractivity contribution in [1.29, 1.82) is 5.26 Å². The van der Waals surface area contributed by atoms with Crippen LogP contribution in [0.3, 0.4) is 0 Å². The molecule has 3 heterocycles. The average Bonchev–Trinajstić information content (AvgIpc) is 2.61. The second-order valence-electron chi connectivity index (χ2n) is 6.50. The van der Waals surface area contributed by atoms with Crippen LogP contribution in [0.1, 0.15) is 37.9 Å². The highest BCUT2D eigenvalue weighted by molar-refractivity contribution is 7.99. The lowest BCUT2D eigenvalue weighted by atomic mass is 10.0. The van der Waals surface area contributed by atoms with Gasteiger partial charge in [-0.25, -0.2) is 9.37 Å². The maximum Gasteiger partial charge on any atom is 0.272 e. The normalized spacial score (nSPS) is 18.9. The summed E-state index contributed by atoms with van der Waals surface area (Å²) in [6, 6.07) is 5.46. The second kappa shape index (κ2) is 6.96. The molecule has 0 saturated carbocycles. The van der Waals surface area contributed by atoms with Gasteiger partial charge in [0, 0.05) is 35.7 Å². The highest BCUT2D eigenvalue weighted by atomic mass is 32.2. The summed E-state index contributed by atoms with van der Waals surface area (Å²) in [7, 11) is 0. The minimum atomic E-state index is -1.00. The number of pyridine rings is 1. The minimum Gasteiger partial charge on any atom is -0.286 e. The van der Waals surface area contributed by atoms with E-state index in [2.05, 4.69) is 16.9 Å². The summed E-state index contributed by atoms with van der Waals surface area (Å²) in [5.74, 6) is 0.934. The van der Waals surface area contributed by atoms with Crippen molar-refractivity contribution >= 4 is 11.8 Å². The number of fused-ring (bicyclic) bond motifs is 1. The first-order valence-electron chi connectivity index (χ1n) is 8.20. The van der Waals surface area contributed by atoms with Gasteiger partial charge in [0.05, 0.1) is 5.69 Å². The van der Waals surface area contributed by atoms with Crippen LogP contribution in [-0.4, -0.2) is 26.5 Å². The molecule has 5 nitrogen and oxygen atoms in total. The number of halogens is 1. The van der Waals surface area contributed by atoms with Gasteiger partial charge in [0.2, 0.25) is 0 Å². The van der Waals surface area contributed by atoms with Gasteiger partial charge in [0.1, 0.15) is 17.8 Å². The topological polar surface area (TPSA) is 71.6 Å². The zero-order valence-electron chi connectivity index (χ0n) is 14.4. The van der Waals surface area contributed by atoms with Crippen LogP contribution >= 0.6 is 11.8 Å². The first-order valence-corrected chi connectivity index (χ1v) is 9.19. The molecule has 0 fully saturated rings. The Labute approximate surface area is 149 Å². The summed E-state index contributed by atoms with van der Waals surface area (Å²) in [6.45, 7) is 5.91. The summed E-state index contributed by atoms with van der Waals surface area (Å²) in [4.78, 5) is 21.5. The van der Waals surface area contributed by atoms with E-state index in [4.69, 9.17) is 0 Å². The lowest BCUT2D eigenvalue weighted by molar-refractivity contribution is 0.314. The van der Waals surface area contributed by atoms with E-state index in [1.807, 2.05) is 6.07 Å². The molecule has 1 aliphatic heterocycles. The molecule has 0 amide bonds. The van der Waals surface area contributed by atoms with Gasteiger partial charge in [0.25, 0.3) is 5.56 Å². The van der Waals surface area contributed by atoms with Crippen LogP contribution < -0.4 is 5.56 Å². The summed E-state index contributed by atoms with van der Waals surface area (Å²) in [5, 5.41) is 10.1. The fraction of sp³-hybridized carbons (Fsp3) is 0.444. The van der Waals surface area contributed by atoms with Gasteiger partial charge >= 0.3 is 0 Å². The van der Waals surface area contributed by atoms with E-state index in [-0.39, 0.29) is 17.0 Å². The van der Waals surface area contributed by atoms with Crippen LogP contribution in [0.15, 0.2) is 28.3 Å². The lowest BCUT2D eigenvalue weighted by Gasteiger charge is -2.22. The summed E-state index contributed by atoms with van der Waals surface area (Å²) in [6.07, 6.45) is 0.558. The number of hydrogen-bond donors (Lipinski definition) is 0. The molecule has 0 bridgehead atoms. The molecule has 0 spiro atoms. The van der Waals surface area contributed by atoms with Crippen LogP contribution in [0.4, 0.5) is 4.39 Å². The van der Waals surface area contributed by atoms with Crippen molar-refractivity contribution in [3.8, 4) is 17.3 Å². The smallest absolute Gasteiger partial charge is 0.272 e. The monoisotopic (exact) mass is 358 g/mol. The minimum absolute atomic E-state index is 0.0277. The molecular weight excluding hydrogens is 339 g/mol. The zero-order valence-corrected chi connectivity index (χ0v) is 15.2. The molecule has 2 aromatic heterocycles. The molecule has 7 heteroatoms. The third-order valence-electron chi connectivity index (χ3n) is 4.45. The van der Waals surface area contributed by atoms with E-state index in [0.717, 1.165) is 5.75 Å². The van der Waals surface area contributed by atoms with Crippen LogP contribution in [0.2, 0.25) is 0 Å². The molecule has 0 radical (unpaired) electrons. The first kappa shape index (κ1) is 17.6. The Bertz CT molecular complexity index is 886. The highest BCUT2D eigenvalue weighted by Gasteiger charge is 2.23. The van der Waals surface area contributed by atoms with Crippen LogP contribution in [0, 0.1) is 17.2 Å². The molecule has 3 atom stereocenters. The zero-order chi connectivity index (χ0) is 18.1. The average molecular weight is 358 g/mol. The standard InChI is InChI=1S/C18H19FN4OS/c1-10-8-23-17(24)14(6-20)16(22-18(23)25-9-10)13-4-5-15(21-7-13)11(2)12(3)19/h4-5,7,10-12H,8-9H2,1-3H3. The Kier molecular flexibility index (Phi) is 4.91. The van der Waals surface area contributed by atoms with Crippen molar-refractivity contribution in [2.24, 2.45) is 5.92 Å². The van der Waals surface area contributed by atoms with Gasteiger partial charge in [-0.1, -0.05) is 25.6 Å². The number of alkyl halides is 1. The SMILES string of the molecule is CC1CSc2nc(-c3ccc(C(C)C(C)F)nc3)c(C#N)c(=O)n2C1. The van der Waals surface area contributed by atoms with Gasteiger partial charge in [-0.2, -0.15) is 5.26 Å². The molecular formula is C18H19FN4OS. The Hall–Kier alpha value is -2.20. The number of rotatable bonds is 3. The van der Waals surface area contributed by atoms with Gasteiger partial charge in [-0.15, -0.1) is 0 Å². The van der Waals surface area contributed by atoms with Gasteiger partial charge in [-0.3, -0.25) is 14.3 Å². The van der Waals surface area contributed by atoms with Crippen LogP contribution in [-0.2, 0) is 6.54 Å². The van der Waals surface area contributed by atoms with Crippen molar-refractivity contribution in [2.45, 2.75) is 44.6 Å². The maximum absolute atomic E-state index is 13.5. The van der Waals surface area contributed by atoms with E-state index in [0.29, 0.717) is 34.6 Å². The maximum atomic E-state index is 13.5. The summed E-state index contributed by atoms with van der Waals surface area (Å²) < 4.78 is 15.0. The van der Waals surface area contributed by atoms with E-state index in [1.165, 1.54) is 18.7 Å². The number of nitrogens with zero attached hydrogens (tertiary/aromatic N) is 4. The van der Waals surface area contributed by atoms with Gasteiger partial charge in [0.15, 0.2) is 5.16 Å². The Morgan fingerprint density at radius 1 is 1.44 bits per heavy atom. The molecule has 0 aromatic carbocycles. The molecule has 2 aromatic rings.